The number of carbonyl (C=O) groups is 1. The number of rotatable bonds is 13. The third-order valence-corrected chi connectivity index (χ3v) is 6.97. The Kier molecular flexibility index (Phi) is 10.4. The summed E-state index contributed by atoms with van der Waals surface area (Å²) in [6.45, 7) is 1.99. The number of hydrogen-bond acceptors (Lipinski definition) is 4. The highest BCUT2D eigenvalue weighted by molar-refractivity contribution is 5.70. The van der Waals surface area contributed by atoms with Crippen LogP contribution in [0.5, 0.6) is 5.75 Å². The number of nitrogens with zero attached hydrogens (tertiary/aromatic N) is 1. The van der Waals surface area contributed by atoms with Crippen molar-refractivity contribution in [3.63, 3.8) is 0 Å². The van der Waals surface area contributed by atoms with Crippen molar-refractivity contribution in [2.24, 2.45) is 0 Å². The normalized spacial score (nSPS) is 12.8. The summed E-state index contributed by atoms with van der Waals surface area (Å²) in [5.74, 6) is -0.110. The molecule has 0 amide bonds. The van der Waals surface area contributed by atoms with Crippen molar-refractivity contribution in [1.82, 2.24) is 4.90 Å². The van der Waals surface area contributed by atoms with E-state index in [0.29, 0.717) is 25.1 Å². The Morgan fingerprint density at radius 2 is 1.43 bits per heavy atom. The number of para-hydroxylation sites is 1. The van der Waals surface area contributed by atoms with E-state index in [1.807, 2.05) is 60.7 Å². The molecule has 4 aromatic carbocycles. The SMILES string of the molecule is CCOC(=O)C[C@@H](c1cccc(Cc2ccccc2OC(F)F)c1)N(Cc1ccccc1)[C@H](C)c1ccccc1. The van der Waals surface area contributed by atoms with Gasteiger partial charge in [-0.1, -0.05) is 103 Å². The summed E-state index contributed by atoms with van der Waals surface area (Å²) in [5, 5.41) is 0. The Bertz CT molecular complexity index is 1350. The van der Waals surface area contributed by atoms with Crippen LogP contribution in [0.1, 0.15) is 60.2 Å². The number of alkyl halides is 2. The third kappa shape index (κ3) is 7.99. The van der Waals surface area contributed by atoms with E-state index in [0.717, 1.165) is 22.3 Å². The van der Waals surface area contributed by atoms with Gasteiger partial charge in [0.25, 0.3) is 0 Å². The highest BCUT2D eigenvalue weighted by Gasteiger charge is 2.29. The summed E-state index contributed by atoms with van der Waals surface area (Å²) < 4.78 is 36.2. The van der Waals surface area contributed by atoms with E-state index < -0.39 is 6.61 Å². The predicted octanol–water partition coefficient (Wildman–Crippen LogP) is 8.14. The Balaban J connectivity index is 1.73. The number of ether oxygens (including phenoxy) is 2. The first-order valence-corrected chi connectivity index (χ1v) is 13.6. The minimum absolute atomic E-state index is 0.00958. The molecular formula is C34H35F2NO3. The van der Waals surface area contributed by atoms with Gasteiger partial charge in [-0.3, -0.25) is 9.69 Å². The van der Waals surface area contributed by atoms with Gasteiger partial charge in [-0.15, -0.1) is 0 Å². The van der Waals surface area contributed by atoms with Gasteiger partial charge in [-0.25, -0.2) is 0 Å². The van der Waals surface area contributed by atoms with Crippen LogP contribution >= 0.6 is 0 Å². The maximum Gasteiger partial charge on any atom is 0.387 e. The molecule has 0 aliphatic heterocycles. The van der Waals surface area contributed by atoms with E-state index in [-0.39, 0.29) is 30.2 Å². The minimum atomic E-state index is -2.90. The van der Waals surface area contributed by atoms with Crippen molar-refractivity contribution in [3.05, 3.63) is 137 Å². The van der Waals surface area contributed by atoms with Gasteiger partial charge in [0.15, 0.2) is 0 Å². The van der Waals surface area contributed by atoms with Crippen molar-refractivity contribution < 1.29 is 23.0 Å². The Labute approximate surface area is 235 Å². The number of hydrogen-bond donors (Lipinski definition) is 0. The fourth-order valence-corrected chi connectivity index (χ4v) is 5.03. The minimum Gasteiger partial charge on any atom is -0.466 e. The second-order valence-corrected chi connectivity index (χ2v) is 9.68. The maximum absolute atomic E-state index is 13.0. The van der Waals surface area contributed by atoms with Crippen LogP contribution in [0, 0.1) is 0 Å². The lowest BCUT2D eigenvalue weighted by Gasteiger charge is -2.37. The Morgan fingerprint density at radius 3 is 2.12 bits per heavy atom. The zero-order chi connectivity index (χ0) is 28.3. The van der Waals surface area contributed by atoms with Crippen LogP contribution in [0.2, 0.25) is 0 Å². The fourth-order valence-electron chi connectivity index (χ4n) is 5.03. The second-order valence-electron chi connectivity index (χ2n) is 9.68. The van der Waals surface area contributed by atoms with Gasteiger partial charge in [-0.2, -0.15) is 8.78 Å². The van der Waals surface area contributed by atoms with Crippen molar-refractivity contribution in [3.8, 4) is 5.75 Å². The molecule has 4 rings (SSSR count). The van der Waals surface area contributed by atoms with Crippen LogP contribution in [0.25, 0.3) is 0 Å². The zero-order valence-electron chi connectivity index (χ0n) is 22.9. The van der Waals surface area contributed by atoms with Crippen LogP contribution in [-0.4, -0.2) is 24.1 Å². The lowest BCUT2D eigenvalue weighted by Crippen LogP contribution is -2.33. The highest BCUT2D eigenvalue weighted by Crippen LogP contribution is 2.36. The largest absolute Gasteiger partial charge is 0.466 e. The summed E-state index contributed by atoms with van der Waals surface area (Å²) in [7, 11) is 0. The van der Waals surface area contributed by atoms with E-state index >= 15 is 0 Å². The molecule has 4 nitrogen and oxygen atoms in total. The predicted molar refractivity (Wildman–Crippen MR) is 153 cm³/mol. The van der Waals surface area contributed by atoms with Crippen LogP contribution in [0.4, 0.5) is 8.78 Å². The molecular weight excluding hydrogens is 508 g/mol. The van der Waals surface area contributed by atoms with Crippen molar-refractivity contribution in [1.29, 1.82) is 0 Å². The van der Waals surface area contributed by atoms with Gasteiger partial charge in [-0.05, 0) is 47.7 Å². The topological polar surface area (TPSA) is 38.8 Å². The molecule has 0 unspecified atom stereocenters. The number of carbonyl (C=O) groups excluding carboxylic acids is 1. The average molecular weight is 544 g/mol. The summed E-state index contributed by atoms with van der Waals surface area (Å²) in [6.07, 6.45) is 0.585. The lowest BCUT2D eigenvalue weighted by molar-refractivity contribution is -0.145. The van der Waals surface area contributed by atoms with E-state index in [1.54, 1.807) is 25.1 Å². The molecule has 0 radical (unpaired) electrons. The molecule has 0 aromatic heterocycles. The molecule has 4 aromatic rings. The summed E-state index contributed by atoms with van der Waals surface area (Å²) in [5.41, 5.74) is 4.83. The van der Waals surface area contributed by atoms with E-state index in [2.05, 4.69) is 42.2 Å². The molecule has 208 valence electrons. The zero-order valence-corrected chi connectivity index (χ0v) is 22.9. The first-order chi connectivity index (χ1) is 19.4. The summed E-state index contributed by atoms with van der Waals surface area (Å²) in [4.78, 5) is 15.3. The maximum atomic E-state index is 13.0. The quantitative estimate of drug-likeness (QED) is 0.160. The smallest absolute Gasteiger partial charge is 0.387 e. The van der Waals surface area contributed by atoms with E-state index in [1.165, 1.54) is 0 Å². The lowest BCUT2D eigenvalue weighted by atomic mass is 9.94. The molecule has 0 N–H and O–H groups in total. The highest BCUT2D eigenvalue weighted by atomic mass is 19.3. The molecule has 0 heterocycles. The number of esters is 1. The summed E-state index contributed by atoms with van der Waals surface area (Å²) >= 11 is 0. The molecule has 2 atom stereocenters. The summed E-state index contributed by atoms with van der Waals surface area (Å²) in [6, 6.07) is 34.9. The molecule has 0 saturated carbocycles. The number of halogens is 2. The molecule has 0 aliphatic carbocycles. The first-order valence-electron chi connectivity index (χ1n) is 13.6. The van der Waals surface area contributed by atoms with Crippen LogP contribution in [-0.2, 0) is 22.5 Å². The number of benzene rings is 4. The van der Waals surface area contributed by atoms with Gasteiger partial charge >= 0.3 is 12.6 Å². The van der Waals surface area contributed by atoms with Crippen molar-refractivity contribution in [2.75, 3.05) is 6.61 Å². The van der Waals surface area contributed by atoms with Gasteiger partial charge in [0.05, 0.1) is 13.0 Å². The molecule has 0 spiro atoms. The first kappa shape index (κ1) is 29.0. The molecule has 0 saturated heterocycles. The standard InChI is InChI=1S/C34H35F2NO3/c1-3-39-33(38)23-31(37(24-26-13-6-4-7-14-26)25(2)28-16-8-5-9-17-28)29-19-12-15-27(21-29)22-30-18-10-11-20-32(30)40-34(35)36/h4-21,25,31,34H,3,22-24H2,1-2H3/t25-,31+/m1/s1. The Hall–Kier alpha value is -4.03. The molecule has 6 heteroatoms. The monoisotopic (exact) mass is 543 g/mol. The average Bonchev–Trinajstić information content (AvgIpc) is 2.96. The van der Waals surface area contributed by atoms with Crippen LogP contribution < -0.4 is 4.74 Å². The third-order valence-electron chi connectivity index (χ3n) is 6.97. The van der Waals surface area contributed by atoms with Gasteiger partial charge in [0.2, 0.25) is 0 Å². The molecule has 0 fully saturated rings. The van der Waals surface area contributed by atoms with Gasteiger partial charge < -0.3 is 9.47 Å². The molecule has 0 aliphatic rings. The molecule has 0 bridgehead atoms. The molecule has 40 heavy (non-hydrogen) atoms. The van der Waals surface area contributed by atoms with Crippen molar-refractivity contribution in [2.45, 2.75) is 51.9 Å². The van der Waals surface area contributed by atoms with E-state index in [4.69, 9.17) is 9.47 Å². The van der Waals surface area contributed by atoms with Crippen LogP contribution in [0.3, 0.4) is 0 Å². The van der Waals surface area contributed by atoms with E-state index in [9.17, 15) is 13.6 Å². The fraction of sp³-hybridized carbons (Fsp3) is 0.265. The van der Waals surface area contributed by atoms with Crippen LogP contribution in [0.15, 0.2) is 109 Å². The van der Waals surface area contributed by atoms with Gasteiger partial charge in [0.1, 0.15) is 5.75 Å². The van der Waals surface area contributed by atoms with Crippen molar-refractivity contribution >= 4 is 5.97 Å². The second kappa shape index (κ2) is 14.4. The Morgan fingerprint density at radius 1 is 0.800 bits per heavy atom. The van der Waals surface area contributed by atoms with Gasteiger partial charge in [0, 0.05) is 25.0 Å².